The van der Waals surface area contributed by atoms with E-state index in [1.165, 1.54) is 0 Å². The van der Waals surface area contributed by atoms with Gasteiger partial charge in [-0.1, -0.05) is 30.6 Å². The molecule has 0 aromatic carbocycles. The molecule has 1 aliphatic heterocycles. The van der Waals surface area contributed by atoms with Gasteiger partial charge in [-0.2, -0.15) is 4.98 Å². The van der Waals surface area contributed by atoms with Crippen LogP contribution >= 0.6 is 11.6 Å². The van der Waals surface area contributed by atoms with E-state index >= 15 is 0 Å². The molecule has 1 aliphatic carbocycles. The summed E-state index contributed by atoms with van der Waals surface area (Å²) in [5.74, 6) is 1.77. The molecule has 29 heavy (non-hydrogen) atoms. The Labute approximate surface area is 176 Å². The van der Waals surface area contributed by atoms with Crippen LogP contribution in [0.4, 0.5) is 6.01 Å². The van der Waals surface area contributed by atoms with Crippen molar-refractivity contribution in [3.63, 3.8) is 0 Å². The van der Waals surface area contributed by atoms with Gasteiger partial charge >= 0.3 is 6.01 Å². The summed E-state index contributed by atoms with van der Waals surface area (Å²) in [6.45, 7) is 5.92. The van der Waals surface area contributed by atoms with E-state index in [2.05, 4.69) is 33.9 Å². The van der Waals surface area contributed by atoms with Gasteiger partial charge in [0.1, 0.15) is 10.8 Å². The van der Waals surface area contributed by atoms with Gasteiger partial charge < -0.3 is 18.9 Å². The van der Waals surface area contributed by atoms with Crippen molar-refractivity contribution in [2.24, 2.45) is 0 Å². The van der Waals surface area contributed by atoms with Gasteiger partial charge in [0.05, 0.1) is 18.3 Å². The summed E-state index contributed by atoms with van der Waals surface area (Å²) in [4.78, 5) is 10.7. The average molecular weight is 421 g/mol. The molecule has 3 heterocycles. The summed E-state index contributed by atoms with van der Waals surface area (Å²) in [7, 11) is 0. The average Bonchev–Trinajstić information content (AvgIpc) is 3.22. The number of hydrogen-bond donors (Lipinski definition) is 0. The number of aromatic nitrogens is 3. The zero-order valence-corrected chi connectivity index (χ0v) is 17.8. The lowest BCUT2D eigenvalue weighted by atomic mass is 9.94. The zero-order valence-electron chi connectivity index (χ0n) is 17.1. The fourth-order valence-corrected chi connectivity index (χ4v) is 4.13. The van der Waals surface area contributed by atoms with E-state index in [-0.39, 0.29) is 12.0 Å². The highest BCUT2D eigenvalue weighted by Gasteiger charge is 2.29. The Hall–Kier alpha value is -1.86. The third-order valence-electron chi connectivity index (χ3n) is 5.69. The number of piperidine rings is 1. The van der Waals surface area contributed by atoms with Gasteiger partial charge in [-0.05, 0) is 38.5 Å². The minimum absolute atomic E-state index is 0.198. The number of hydrogen-bond acceptors (Lipinski definition) is 7. The molecule has 0 N–H and O–H groups in total. The second-order valence-electron chi connectivity index (χ2n) is 8.24. The molecule has 2 aliphatic rings. The summed E-state index contributed by atoms with van der Waals surface area (Å²) in [5, 5.41) is 4.63. The number of pyridine rings is 1. The maximum Gasteiger partial charge on any atom is 0.324 e. The first-order chi connectivity index (χ1) is 14.1. The summed E-state index contributed by atoms with van der Waals surface area (Å²) >= 11 is 6.14. The molecular weight excluding hydrogens is 392 g/mol. The van der Waals surface area contributed by atoms with Crippen molar-refractivity contribution < 1.29 is 14.0 Å². The van der Waals surface area contributed by atoms with Crippen molar-refractivity contribution in [3.05, 3.63) is 29.3 Å². The van der Waals surface area contributed by atoms with Crippen LogP contribution in [0.2, 0.25) is 5.02 Å². The predicted octanol–water partition coefficient (Wildman–Crippen LogP) is 4.62. The SMILES string of the molecule is CC(C)c1noc(N2CCC(OC3CCC(Oc4ccncc4Cl)CC3)CC2)n1. The molecule has 8 heteroatoms. The fourth-order valence-electron chi connectivity index (χ4n) is 3.97. The van der Waals surface area contributed by atoms with Gasteiger partial charge in [0.2, 0.25) is 0 Å². The van der Waals surface area contributed by atoms with Gasteiger partial charge in [-0.15, -0.1) is 0 Å². The molecule has 2 fully saturated rings. The van der Waals surface area contributed by atoms with Crippen LogP contribution in [0.1, 0.15) is 64.1 Å². The molecule has 0 radical (unpaired) electrons. The van der Waals surface area contributed by atoms with Crippen LogP contribution in [-0.4, -0.2) is 46.5 Å². The third-order valence-corrected chi connectivity index (χ3v) is 5.98. The van der Waals surface area contributed by atoms with Crippen molar-refractivity contribution in [2.45, 2.75) is 76.6 Å². The zero-order chi connectivity index (χ0) is 20.2. The first-order valence-corrected chi connectivity index (χ1v) is 11.0. The Morgan fingerprint density at radius 2 is 1.76 bits per heavy atom. The van der Waals surface area contributed by atoms with Crippen LogP contribution < -0.4 is 9.64 Å². The Bertz CT molecular complexity index is 784. The van der Waals surface area contributed by atoms with Gasteiger partial charge in [-0.25, -0.2) is 0 Å². The van der Waals surface area contributed by atoms with Crippen molar-refractivity contribution >= 4 is 17.6 Å². The highest BCUT2D eigenvalue weighted by Crippen LogP contribution is 2.31. The summed E-state index contributed by atoms with van der Waals surface area (Å²) < 4.78 is 17.9. The minimum Gasteiger partial charge on any atom is -0.489 e. The van der Waals surface area contributed by atoms with Crippen LogP contribution in [0.15, 0.2) is 23.0 Å². The van der Waals surface area contributed by atoms with E-state index in [1.807, 2.05) is 6.07 Å². The Morgan fingerprint density at radius 3 is 2.41 bits per heavy atom. The van der Waals surface area contributed by atoms with Crippen LogP contribution in [-0.2, 0) is 4.74 Å². The number of rotatable bonds is 6. The lowest BCUT2D eigenvalue weighted by Gasteiger charge is -2.35. The third kappa shape index (κ3) is 5.20. The molecule has 0 bridgehead atoms. The second kappa shape index (κ2) is 9.30. The number of anilines is 1. The topological polar surface area (TPSA) is 73.5 Å². The van der Waals surface area contributed by atoms with E-state index in [0.717, 1.165) is 63.2 Å². The van der Waals surface area contributed by atoms with Crippen molar-refractivity contribution in [1.82, 2.24) is 15.1 Å². The molecular formula is C21H29ClN4O3. The standard InChI is InChI=1S/C21H29ClN4O3/c1-14(2)20-24-21(29-25-20)26-11-8-17(9-12-26)27-15-3-5-16(6-4-15)28-19-7-10-23-13-18(19)22/h7,10,13-17H,3-6,8-9,11-12H2,1-2H3. The number of nitrogens with zero attached hydrogens (tertiary/aromatic N) is 4. The molecule has 1 saturated heterocycles. The minimum atomic E-state index is 0.198. The molecule has 0 amide bonds. The lowest BCUT2D eigenvalue weighted by Crippen LogP contribution is -2.39. The van der Waals surface area contributed by atoms with Crippen molar-refractivity contribution in [3.8, 4) is 5.75 Å². The van der Waals surface area contributed by atoms with Gasteiger partial charge in [0, 0.05) is 37.5 Å². The largest absolute Gasteiger partial charge is 0.489 e. The molecule has 7 nitrogen and oxygen atoms in total. The first kappa shape index (κ1) is 20.4. The highest BCUT2D eigenvalue weighted by molar-refractivity contribution is 6.31. The molecule has 0 unspecified atom stereocenters. The van der Waals surface area contributed by atoms with Gasteiger partial charge in [0.25, 0.3) is 0 Å². The fraction of sp³-hybridized carbons (Fsp3) is 0.667. The summed E-state index contributed by atoms with van der Waals surface area (Å²) in [6, 6.07) is 2.46. The van der Waals surface area contributed by atoms with E-state index in [9.17, 15) is 0 Å². The predicted molar refractivity (Wildman–Crippen MR) is 111 cm³/mol. The lowest BCUT2D eigenvalue weighted by molar-refractivity contribution is -0.0530. The second-order valence-corrected chi connectivity index (χ2v) is 8.64. The van der Waals surface area contributed by atoms with E-state index < -0.39 is 0 Å². The normalized spacial score (nSPS) is 23.5. The van der Waals surface area contributed by atoms with Crippen LogP contribution in [0.25, 0.3) is 0 Å². The molecule has 2 aromatic rings. The molecule has 1 saturated carbocycles. The molecule has 0 atom stereocenters. The molecule has 0 spiro atoms. The maximum absolute atomic E-state index is 6.40. The maximum atomic E-state index is 6.40. The Kier molecular flexibility index (Phi) is 6.55. The Morgan fingerprint density at radius 1 is 1.07 bits per heavy atom. The van der Waals surface area contributed by atoms with E-state index in [4.69, 9.17) is 25.6 Å². The summed E-state index contributed by atoms with van der Waals surface area (Å²) in [6.07, 6.45) is 10.1. The highest BCUT2D eigenvalue weighted by atomic mass is 35.5. The number of ether oxygens (including phenoxy) is 2. The molecule has 2 aromatic heterocycles. The molecule has 4 rings (SSSR count). The van der Waals surface area contributed by atoms with Gasteiger partial charge in [0.15, 0.2) is 5.82 Å². The van der Waals surface area contributed by atoms with Crippen molar-refractivity contribution in [1.29, 1.82) is 0 Å². The van der Waals surface area contributed by atoms with Crippen molar-refractivity contribution in [2.75, 3.05) is 18.0 Å². The summed E-state index contributed by atoms with van der Waals surface area (Å²) in [5.41, 5.74) is 0. The van der Waals surface area contributed by atoms with Crippen LogP contribution in [0.5, 0.6) is 5.75 Å². The quantitative estimate of drug-likeness (QED) is 0.675. The van der Waals surface area contributed by atoms with E-state index in [0.29, 0.717) is 23.2 Å². The Balaban J connectivity index is 1.19. The first-order valence-electron chi connectivity index (χ1n) is 10.6. The smallest absolute Gasteiger partial charge is 0.324 e. The van der Waals surface area contributed by atoms with Gasteiger partial charge in [-0.3, -0.25) is 4.98 Å². The molecule has 158 valence electrons. The number of halogens is 1. The van der Waals surface area contributed by atoms with Crippen LogP contribution in [0, 0.1) is 0 Å². The van der Waals surface area contributed by atoms with Crippen LogP contribution in [0.3, 0.4) is 0 Å². The monoisotopic (exact) mass is 420 g/mol. The van der Waals surface area contributed by atoms with E-state index in [1.54, 1.807) is 12.4 Å².